The molecule has 1 aromatic heterocycles. The molecule has 0 aliphatic rings. The third kappa shape index (κ3) is 4.27. The Morgan fingerprint density at radius 3 is 2.52 bits per heavy atom. The average Bonchev–Trinajstić information content (AvgIpc) is 2.93. The Labute approximate surface area is 157 Å². The minimum Gasteiger partial charge on any atom is -0.249 e. The minimum atomic E-state index is 0.495. The highest BCUT2D eigenvalue weighted by Crippen LogP contribution is 2.21. The van der Waals surface area contributed by atoms with E-state index in [0.717, 1.165) is 16.5 Å². The number of aromatic amines is 1. The summed E-state index contributed by atoms with van der Waals surface area (Å²) < 4.78 is 2.18. The van der Waals surface area contributed by atoms with Gasteiger partial charge in [0.25, 0.3) is 0 Å². The summed E-state index contributed by atoms with van der Waals surface area (Å²) in [5.41, 5.74) is 6.02. The first-order chi connectivity index (χ1) is 12.0. The molecule has 0 aliphatic heterocycles. The van der Waals surface area contributed by atoms with Crippen molar-refractivity contribution in [1.29, 1.82) is 0 Å². The van der Waals surface area contributed by atoms with Crippen molar-refractivity contribution in [2.24, 2.45) is 5.10 Å². The predicted octanol–water partition coefficient (Wildman–Crippen LogP) is 5.04. The number of nitrogens with one attached hydrogen (secondary N) is 1. The van der Waals surface area contributed by atoms with Crippen molar-refractivity contribution in [3.63, 3.8) is 0 Å². The van der Waals surface area contributed by atoms with Crippen molar-refractivity contribution in [3.8, 4) is 0 Å². The molecule has 0 saturated carbocycles. The highest BCUT2D eigenvalue weighted by Gasteiger charge is 2.07. The molecule has 0 unspecified atom stereocenters. The van der Waals surface area contributed by atoms with Gasteiger partial charge in [-0.25, -0.2) is 5.10 Å². The summed E-state index contributed by atoms with van der Waals surface area (Å²) in [6, 6.07) is 14.6. The molecular weight excluding hydrogens is 348 g/mol. The summed E-state index contributed by atoms with van der Waals surface area (Å²) in [6.07, 6.45) is 1.86. The smallest absolute Gasteiger partial charge is 0.217 e. The summed E-state index contributed by atoms with van der Waals surface area (Å²) in [5.74, 6) is 0.818. The molecule has 0 atom stereocenters. The number of nitrogens with zero attached hydrogens (tertiary/aromatic N) is 3. The van der Waals surface area contributed by atoms with Crippen LogP contribution in [-0.4, -0.2) is 21.1 Å². The zero-order valence-electron chi connectivity index (χ0n) is 14.5. The molecule has 0 bridgehead atoms. The number of thioether (sulfide) groups is 1. The number of benzene rings is 2. The second kappa shape index (κ2) is 7.80. The Morgan fingerprint density at radius 2 is 1.84 bits per heavy atom. The number of hydrogen-bond donors (Lipinski definition) is 1. The van der Waals surface area contributed by atoms with Crippen molar-refractivity contribution >= 4 is 30.2 Å². The molecule has 0 saturated heterocycles. The fraction of sp³-hybridized carbons (Fsp3) is 0.211. The van der Waals surface area contributed by atoms with Crippen LogP contribution >= 0.6 is 24.0 Å². The van der Waals surface area contributed by atoms with Crippen LogP contribution in [0.2, 0.25) is 0 Å². The van der Waals surface area contributed by atoms with Gasteiger partial charge in [-0.3, -0.25) is 0 Å². The average molecular weight is 369 g/mol. The standard InChI is InChI=1S/C19H20N4S2/c1-13-9-14(2)17(15(3)10-13)11-20-23-18(24)21-22-19(23)25-12-16-7-5-4-6-8-16/h4-11H,12H2,1-3H3,(H,21,24). The lowest BCUT2D eigenvalue weighted by atomic mass is 10.0. The van der Waals surface area contributed by atoms with Crippen molar-refractivity contribution in [2.75, 3.05) is 0 Å². The van der Waals surface area contributed by atoms with E-state index in [1.807, 2.05) is 24.4 Å². The SMILES string of the molecule is Cc1cc(C)c(C=Nn2c(SCc3ccccc3)n[nH]c2=S)c(C)c1. The molecule has 0 radical (unpaired) electrons. The number of hydrogen-bond acceptors (Lipinski definition) is 4. The lowest BCUT2D eigenvalue weighted by Gasteiger charge is -2.07. The molecular formula is C19H20N4S2. The predicted molar refractivity (Wildman–Crippen MR) is 107 cm³/mol. The van der Waals surface area contributed by atoms with Crippen molar-refractivity contribution < 1.29 is 0 Å². The highest BCUT2D eigenvalue weighted by atomic mass is 32.2. The van der Waals surface area contributed by atoms with Crippen molar-refractivity contribution in [2.45, 2.75) is 31.7 Å². The number of H-pyrrole nitrogens is 1. The van der Waals surface area contributed by atoms with Crippen LogP contribution < -0.4 is 0 Å². The monoisotopic (exact) mass is 368 g/mol. The maximum Gasteiger partial charge on any atom is 0.217 e. The van der Waals surface area contributed by atoms with E-state index in [0.29, 0.717) is 4.77 Å². The number of aryl methyl sites for hydroxylation is 3. The summed E-state index contributed by atoms with van der Waals surface area (Å²) in [7, 11) is 0. The summed E-state index contributed by atoms with van der Waals surface area (Å²) in [6.45, 7) is 6.30. The molecule has 0 fully saturated rings. The third-order valence-electron chi connectivity index (χ3n) is 3.87. The lowest BCUT2D eigenvalue weighted by Crippen LogP contribution is -1.98. The van der Waals surface area contributed by atoms with Gasteiger partial charge in [-0.15, -0.1) is 5.10 Å². The molecule has 4 nitrogen and oxygen atoms in total. The quantitative estimate of drug-likeness (QED) is 0.390. The maximum atomic E-state index is 5.32. The normalized spacial score (nSPS) is 11.3. The Bertz CT molecular complexity index is 932. The first-order valence-electron chi connectivity index (χ1n) is 8.01. The van der Waals surface area contributed by atoms with Gasteiger partial charge in [0.1, 0.15) is 0 Å². The molecule has 3 rings (SSSR count). The van der Waals surface area contributed by atoms with Crippen LogP contribution in [0.4, 0.5) is 0 Å². The van der Waals surface area contributed by atoms with Gasteiger partial charge in [0.15, 0.2) is 0 Å². The van der Waals surface area contributed by atoms with Crippen LogP contribution in [0, 0.1) is 25.5 Å². The van der Waals surface area contributed by atoms with Gasteiger partial charge < -0.3 is 0 Å². The van der Waals surface area contributed by atoms with Gasteiger partial charge in [-0.05, 0) is 49.7 Å². The maximum absolute atomic E-state index is 5.32. The Hall–Kier alpha value is -2.18. The van der Waals surface area contributed by atoms with E-state index >= 15 is 0 Å². The molecule has 25 heavy (non-hydrogen) atoms. The lowest BCUT2D eigenvalue weighted by molar-refractivity contribution is 0.758. The Morgan fingerprint density at radius 1 is 1.16 bits per heavy atom. The molecule has 0 amide bonds. The third-order valence-corrected chi connectivity index (χ3v) is 5.14. The molecule has 128 valence electrons. The Kier molecular flexibility index (Phi) is 5.50. The second-order valence-corrected chi connectivity index (χ2v) is 7.28. The molecule has 2 aromatic carbocycles. The van der Waals surface area contributed by atoms with Gasteiger partial charge in [0.05, 0.1) is 6.21 Å². The fourth-order valence-corrected chi connectivity index (χ4v) is 3.80. The van der Waals surface area contributed by atoms with E-state index in [1.165, 1.54) is 22.3 Å². The van der Waals surface area contributed by atoms with Crippen molar-refractivity contribution in [3.05, 3.63) is 75.1 Å². The summed E-state index contributed by atoms with van der Waals surface area (Å²) in [5, 5.41) is 12.5. The number of aromatic nitrogens is 3. The van der Waals surface area contributed by atoms with Gasteiger partial charge in [0.2, 0.25) is 9.93 Å². The number of rotatable bonds is 5. The van der Waals surface area contributed by atoms with Crippen LogP contribution in [0.3, 0.4) is 0 Å². The molecule has 3 aromatic rings. The first kappa shape index (κ1) is 17.6. The van der Waals surface area contributed by atoms with Gasteiger partial charge in [-0.1, -0.05) is 59.8 Å². The first-order valence-corrected chi connectivity index (χ1v) is 9.40. The molecule has 1 N–H and O–H groups in total. The Balaban J connectivity index is 1.84. The van der Waals surface area contributed by atoms with E-state index < -0.39 is 0 Å². The summed E-state index contributed by atoms with van der Waals surface area (Å²) in [4.78, 5) is 0. The zero-order valence-corrected chi connectivity index (χ0v) is 16.1. The van der Waals surface area contributed by atoms with Crippen molar-refractivity contribution in [1.82, 2.24) is 14.9 Å². The van der Waals surface area contributed by atoms with Gasteiger partial charge >= 0.3 is 0 Å². The van der Waals surface area contributed by atoms with Crippen LogP contribution in [-0.2, 0) is 5.75 Å². The van der Waals surface area contributed by atoms with Crippen LogP contribution in [0.5, 0.6) is 0 Å². The minimum absolute atomic E-state index is 0.495. The fourth-order valence-electron chi connectivity index (χ4n) is 2.70. The topological polar surface area (TPSA) is 46.0 Å². The molecule has 0 aliphatic carbocycles. The molecule has 1 heterocycles. The van der Waals surface area contributed by atoms with Crippen LogP contribution in [0.25, 0.3) is 0 Å². The van der Waals surface area contributed by atoms with E-state index in [2.05, 4.69) is 60.3 Å². The van der Waals surface area contributed by atoms with Crippen LogP contribution in [0.15, 0.2) is 52.7 Å². The van der Waals surface area contributed by atoms with E-state index in [1.54, 1.807) is 16.4 Å². The second-order valence-electron chi connectivity index (χ2n) is 5.95. The zero-order chi connectivity index (χ0) is 17.8. The molecule has 0 spiro atoms. The van der Waals surface area contributed by atoms with E-state index in [-0.39, 0.29) is 0 Å². The van der Waals surface area contributed by atoms with Gasteiger partial charge in [0, 0.05) is 11.3 Å². The largest absolute Gasteiger partial charge is 0.249 e. The highest BCUT2D eigenvalue weighted by molar-refractivity contribution is 7.98. The van der Waals surface area contributed by atoms with E-state index in [4.69, 9.17) is 12.2 Å². The molecule has 6 heteroatoms. The summed E-state index contributed by atoms with van der Waals surface area (Å²) >= 11 is 6.93. The van der Waals surface area contributed by atoms with Gasteiger partial charge in [-0.2, -0.15) is 9.78 Å². The van der Waals surface area contributed by atoms with E-state index in [9.17, 15) is 0 Å². The van der Waals surface area contributed by atoms with Crippen LogP contribution in [0.1, 0.15) is 27.8 Å².